The van der Waals surface area contributed by atoms with Crippen molar-refractivity contribution < 1.29 is 19.1 Å². The van der Waals surface area contributed by atoms with E-state index in [2.05, 4.69) is 0 Å². The fourth-order valence-electron chi connectivity index (χ4n) is 1.39. The van der Waals surface area contributed by atoms with Crippen LogP contribution >= 0.6 is 0 Å². The van der Waals surface area contributed by atoms with Crippen molar-refractivity contribution in [1.29, 1.82) is 0 Å². The molecule has 0 saturated heterocycles. The Morgan fingerprint density at radius 2 is 1.88 bits per heavy atom. The van der Waals surface area contributed by atoms with Gasteiger partial charge in [0.2, 0.25) is 12.7 Å². The van der Waals surface area contributed by atoms with Crippen LogP contribution < -0.4 is 15.2 Å². The van der Waals surface area contributed by atoms with E-state index in [4.69, 9.17) is 15.2 Å². The number of fused-ring (bicyclic) bond motifs is 1. The largest absolute Gasteiger partial charge is 0.454 e. The number of hydrogen-bond donors (Lipinski definition) is 1. The molecule has 0 aliphatic carbocycles. The summed E-state index contributed by atoms with van der Waals surface area (Å²) in [5, 5.41) is 0. The minimum atomic E-state index is -0.575. The van der Waals surface area contributed by atoms with Gasteiger partial charge in [0, 0.05) is 11.6 Å². The summed E-state index contributed by atoms with van der Waals surface area (Å²) < 4.78 is 10.3. The second-order valence-corrected chi connectivity index (χ2v) is 3.19. The lowest BCUT2D eigenvalue weighted by atomic mass is 10.1. The highest BCUT2D eigenvalue weighted by molar-refractivity contribution is 5.93. The molecule has 82 valence electrons. The molecule has 0 saturated carbocycles. The van der Waals surface area contributed by atoms with E-state index in [0.717, 1.165) is 0 Å². The van der Waals surface area contributed by atoms with Gasteiger partial charge in [-0.25, -0.2) is 0 Å². The van der Waals surface area contributed by atoms with E-state index in [1.165, 1.54) is 12.2 Å². The Morgan fingerprint density at radius 3 is 2.44 bits per heavy atom. The number of benzene rings is 1. The number of ether oxygens (including phenoxy) is 2. The molecule has 0 spiro atoms. The predicted molar refractivity (Wildman–Crippen MR) is 56.2 cm³/mol. The molecule has 0 aromatic heterocycles. The van der Waals surface area contributed by atoms with Gasteiger partial charge >= 0.3 is 0 Å². The average Bonchev–Trinajstić information content (AvgIpc) is 2.71. The highest BCUT2D eigenvalue weighted by Crippen LogP contribution is 2.34. The molecule has 5 heteroatoms. The highest BCUT2D eigenvalue weighted by Gasteiger charge is 2.15. The van der Waals surface area contributed by atoms with Crippen LogP contribution in [0.4, 0.5) is 0 Å². The molecule has 1 heterocycles. The zero-order chi connectivity index (χ0) is 11.5. The van der Waals surface area contributed by atoms with Crippen LogP contribution in [-0.4, -0.2) is 19.0 Å². The van der Waals surface area contributed by atoms with Gasteiger partial charge in [-0.2, -0.15) is 0 Å². The maximum Gasteiger partial charge on any atom is 0.241 e. The van der Waals surface area contributed by atoms with Gasteiger partial charge in [-0.15, -0.1) is 0 Å². The Kier molecular flexibility index (Phi) is 2.59. The first-order valence-electron chi connectivity index (χ1n) is 4.57. The number of nitrogens with two attached hydrogens (primary N) is 1. The summed E-state index contributed by atoms with van der Waals surface area (Å²) in [5.74, 6) is 0.502. The molecule has 1 aromatic carbocycles. The highest BCUT2D eigenvalue weighted by atomic mass is 16.7. The Balaban J connectivity index is 2.43. The standard InChI is InChI=1S/C11H9NO4/c12-11(14)2-1-7-3-9-10(16-6-15-9)4-8(7)5-13/h1-5H,6H2,(H2,12,14). The number of rotatable bonds is 3. The second-order valence-electron chi connectivity index (χ2n) is 3.19. The summed E-state index contributed by atoms with van der Waals surface area (Å²) in [7, 11) is 0. The summed E-state index contributed by atoms with van der Waals surface area (Å²) in [4.78, 5) is 21.4. The van der Waals surface area contributed by atoms with Gasteiger partial charge in [-0.1, -0.05) is 0 Å². The zero-order valence-electron chi connectivity index (χ0n) is 8.30. The molecule has 16 heavy (non-hydrogen) atoms. The topological polar surface area (TPSA) is 78.6 Å². The van der Waals surface area contributed by atoms with E-state index in [-0.39, 0.29) is 6.79 Å². The molecule has 0 fully saturated rings. The van der Waals surface area contributed by atoms with Crippen LogP contribution in [0.15, 0.2) is 18.2 Å². The zero-order valence-corrected chi connectivity index (χ0v) is 8.30. The third kappa shape index (κ3) is 1.88. The van der Waals surface area contributed by atoms with Crippen molar-refractivity contribution in [2.75, 3.05) is 6.79 Å². The van der Waals surface area contributed by atoms with Crippen molar-refractivity contribution in [3.63, 3.8) is 0 Å². The first-order chi connectivity index (χ1) is 7.70. The van der Waals surface area contributed by atoms with E-state index in [9.17, 15) is 9.59 Å². The number of carbonyl (C=O) groups excluding carboxylic acids is 2. The number of primary amides is 1. The quantitative estimate of drug-likeness (QED) is 0.600. The molecule has 0 radical (unpaired) electrons. The molecule has 2 N–H and O–H groups in total. The van der Waals surface area contributed by atoms with E-state index in [1.807, 2.05) is 0 Å². The SMILES string of the molecule is NC(=O)C=Cc1cc2c(cc1C=O)OCO2. The van der Waals surface area contributed by atoms with Crippen LogP contribution in [0.25, 0.3) is 6.08 Å². The molecule has 1 aliphatic heterocycles. The second kappa shape index (κ2) is 4.06. The first-order valence-corrected chi connectivity index (χ1v) is 4.57. The third-order valence-corrected chi connectivity index (χ3v) is 2.13. The van der Waals surface area contributed by atoms with Crippen LogP contribution in [0, 0.1) is 0 Å². The van der Waals surface area contributed by atoms with Crippen molar-refractivity contribution >= 4 is 18.3 Å². The molecule has 1 aliphatic rings. The lowest BCUT2D eigenvalue weighted by molar-refractivity contribution is -0.113. The third-order valence-electron chi connectivity index (χ3n) is 2.13. The van der Waals surface area contributed by atoms with Gasteiger partial charge in [-0.05, 0) is 23.8 Å². The summed E-state index contributed by atoms with van der Waals surface area (Å²) in [6.45, 7) is 0.136. The fraction of sp³-hybridized carbons (Fsp3) is 0.0909. The lowest BCUT2D eigenvalue weighted by Crippen LogP contribution is -2.05. The van der Waals surface area contributed by atoms with Crippen molar-refractivity contribution in [3.05, 3.63) is 29.3 Å². The number of amides is 1. The Hall–Kier alpha value is -2.30. The number of hydrogen-bond acceptors (Lipinski definition) is 4. The lowest BCUT2D eigenvalue weighted by Gasteiger charge is -2.01. The Bertz CT molecular complexity index is 479. The maximum atomic E-state index is 10.8. The van der Waals surface area contributed by atoms with Gasteiger partial charge in [0.25, 0.3) is 0 Å². The molecule has 0 unspecified atom stereocenters. The van der Waals surface area contributed by atoms with Crippen molar-refractivity contribution in [3.8, 4) is 11.5 Å². The number of carbonyl (C=O) groups is 2. The van der Waals surface area contributed by atoms with Crippen molar-refractivity contribution in [1.82, 2.24) is 0 Å². The van der Waals surface area contributed by atoms with Gasteiger partial charge < -0.3 is 15.2 Å². The maximum absolute atomic E-state index is 10.8. The van der Waals surface area contributed by atoms with Crippen LogP contribution in [0.3, 0.4) is 0 Å². The van der Waals surface area contributed by atoms with Crippen LogP contribution in [0.5, 0.6) is 11.5 Å². The van der Waals surface area contributed by atoms with E-state index < -0.39 is 5.91 Å². The fourth-order valence-corrected chi connectivity index (χ4v) is 1.39. The van der Waals surface area contributed by atoms with Crippen LogP contribution in [0.1, 0.15) is 15.9 Å². The van der Waals surface area contributed by atoms with Crippen molar-refractivity contribution in [2.45, 2.75) is 0 Å². The molecule has 0 atom stereocenters. The molecular formula is C11H9NO4. The molecule has 2 rings (SSSR count). The minimum absolute atomic E-state index is 0.136. The first kappa shape index (κ1) is 10.2. The van der Waals surface area contributed by atoms with Crippen LogP contribution in [-0.2, 0) is 4.79 Å². The Labute approximate surface area is 91.5 Å². The van der Waals surface area contributed by atoms with Gasteiger partial charge in [-0.3, -0.25) is 9.59 Å². The van der Waals surface area contributed by atoms with Gasteiger partial charge in [0.05, 0.1) is 0 Å². The average molecular weight is 219 g/mol. The molecule has 1 aromatic rings. The predicted octanol–water partition coefficient (Wildman–Crippen LogP) is 0.726. The van der Waals surface area contributed by atoms with Crippen LogP contribution in [0.2, 0.25) is 0 Å². The van der Waals surface area contributed by atoms with Gasteiger partial charge in [0.1, 0.15) is 0 Å². The molecule has 5 nitrogen and oxygen atoms in total. The molecule has 1 amide bonds. The van der Waals surface area contributed by atoms with E-state index >= 15 is 0 Å². The van der Waals surface area contributed by atoms with E-state index in [1.54, 1.807) is 12.1 Å². The summed E-state index contributed by atoms with van der Waals surface area (Å²) in [5.41, 5.74) is 5.96. The molecule has 0 bridgehead atoms. The van der Waals surface area contributed by atoms with Gasteiger partial charge in [0.15, 0.2) is 17.8 Å². The monoisotopic (exact) mass is 219 g/mol. The minimum Gasteiger partial charge on any atom is -0.454 e. The summed E-state index contributed by atoms with van der Waals surface area (Å²) in [6.07, 6.45) is 3.33. The van der Waals surface area contributed by atoms with E-state index in [0.29, 0.717) is 28.9 Å². The summed E-state index contributed by atoms with van der Waals surface area (Å²) >= 11 is 0. The smallest absolute Gasteiger partial charge is 0.241 e. The number of aldehydes is 1. The van der Waals surface area contributed by atoms with Crippen molar-refractivity contribution in [2.24, 2.45) is 5.73 Å². The molecular weight excluding hydrogens is 210 g/mol. The Morgan fingerprint density at radius 1 is 1.25 bits per heavy atom. The normalized spacial score (nSPS) is 13.0. The summed E-state index contributed by atoms with van der Waals surface area (Å²) in [6, 6.07) is 3.20.